The Morgan fingerprint density at radius 2 is 1.95 bits per heavy atom. The lowest BCUT2D eigenvalue weighted by Gasteiger charge is -2.05. The topological polar surface area (TPSA) is 68.0 Å². The zero-order valence-corrected chi connectivity index (χ0v) is 13.1. The molecule has 0 radical (unpaired) electrons. The maximum Gasteiger partial charge on any atom is 0.335 e. The molecule has 0 saturated heterocycles. The van der Waals surface area contributed by atoms with Gasteiger partial charge in [0.25, 0.3) is 0 Å². The van der Waals surface area contributed by atoms with Crippen LogP contribution in [0.5, 0.6) is 0 Å². The van der Waals surface area contributed by atoms with Crippen molar-refractivity contribution in [2.45, 2.75) is 0 Å². The second-order valence-corrected chi connectivity index (χ2v) is 5.88. The molecule has 0 bridgehead atoms. The van der Waals surface area contributed by atoms with Crippen molar-refractivity contribution in [2.24, 2.45) is 0 Å². The number of fused-ring (bicyclic) bond motifs is 1. The van der Waals surface area contributed by atoms with E-state index in [2.05, 4.69) is 42.2 Å². The molecule has 1 heterocycles. The summed E-state index contributed by atoms with van der Waals surface area (Å²) in [5, 5.41) is 17.1. The van der Waals surface area contributed by atoms with E-state index >= 15 is 0 Å². The molecule has 100 valence electrons. The van der Waals surface area contributed by atoms with E-state index in [0.29, 0.717) is 5.52 Å². The van der Waals surface area contributed by atoms with Gasteiger partial charge in [-0.15, -0.1) is 5.10 Å². The molecule has 1 aromatic heterocycles. The molecule has 0 aliphatic heterocycles. The molecule has 0 fully saturated rings. The van der Waals surface area contributed by atoms with Crippen LogP contribution in [0.2, 0.25) is 0 Å². The van der Waals surface area contributed by atoms with Gasteiger partial charge in [0.05, 0.1) is 16.8 Å². The summed E-state index contributed by atoms with van der Waals surface area (Å²) in [6.45, 7) is 0. The predicted octanol–water partition coefficient (Wildman–Crippen LogP) is 3.64. The van der Waals surface area contributed by atoms with E-state index in [4.69, 9.17) is 5.11 Å². The molecule has 3 rings (SSSR count). The highest BCUT2D eigenvalue weighted by atomic mass is 79.9. The van der Waals surface area contributed by atoms with Gasteiger partial charge in [0, 0.05) is 8.95 Å². The minimum Gasteiger partial charge on any atom is -0.478 e. The number of hydrogen-bond acceptors (Lipinski definition) is 3. The van der Waals surface area contributed by atoms with E-state index in [1.54, 1.807) is 10.7 Å². The lowest BCUT2D eigenvalue weighted by molar-refractivity contribution is 0.0697. The van der Waals surface area contributed by atoms with Gasteiger partial charge < -0.3 is 5.11 Å². The average Bonchev–Trinajstić information content (AvgIpc) is 2.81. The minimum absolute atomic E-state index is 0.194. The van der Waals surface area contributed by atoms with E-state index in [-0.39, 0.29) is 5.56 Å². The first-order chi connectivity index (χ1) is 9.56. The second-order valence-electron chi connectivity index (χ2n) is 4.11. The Balaban J connectivity index is 2.20. The predicted molar refractivity (Wildman–Crippen MR) is 81.2 cm³/mol. The van der Waals surface area contributed by atoms with Crippen molar-refractivity contribution in [3.8, 4) is 5.69 Å². The van der Waals surface area contributed by atoms with E-state index < -0.39 is 5.97 Å². The second kappa shape index (κ2) is 4.99. The molecule has 2 aromatic carbocycles. The van der Waals surface area contributed by atoms with Crippen molar-refractivity contribution < 1.29 is 9.90 Å². The van der Waals surface area contributed by atoms with Gasteiger partial charge in [0.15, 0.2) is 0 Å². The SMILES string of the molecule is O=C(O)c1ccc2c(c1)nnn2-c1ccc(Br)cc1Br. The Kier molecular flexibility index (Phi) is 3.31. The quantitative estimate of drug-likeness (QED) is 0.717. The van der Waals surface area contributed by atoms with Gasteiger partial charge in [-0.05, 0) is 52.3 Å². The van der Waals surface area contributed by atoms with Crippen molar-refractivity contribution in [3.63, 3.8) is 0 Å². The van der Waals surface area contributed by atoms with E-state index in [1.165, 1.54) is 12.1 Å². The summed E-state index contributed by atoms with van der Waals surface area (Å²) < 4.78 is 3.48. The fourth-order valence-corrected chi connectivity index (χ4v) is 3.10. The smallest absolute Gasteiger partial charge is 0.335 e. The summed E-state index contributed by atoms with van der Waals surface area (Å²) in [5.41, 5.74) is 2.32. The van der Waals surface area contributed by atoms with Crippen molar-refractivity contribution in [2.75, 3.05) is 0 Å². The van der Waals surface area contributed by atoms with Crippen LogP contribution in [-0.4, -0.2) is 26.1 Å². The average molecular weight is 397 g/mol. The summed E-state index contributed by atoms with van der Waals surface area (Å²) in [6, 6.07) is 10.5. The molecule has 0 amide bonds. The maximum atomic E-state index is 10.9. The van der Waals surface area contributed by atoms with Crippen LogP contribution >= 0.6 is 31.9 Å². The number of hydrogen-bond donors (Lipinski definition) is 1. The van der Waals surface area contributed by atoms with Crippen LogP contribution in [0.1, 0.15) is 10.4 Å². The van der Waals surface area contributed by atoms with Gasteiger partial charge >= 0.3 is 5.97 Å². The first-order valence-electron chi connectivity index (χ1n) is 5.60. The van der Waals surface area contributed by atoms with Crippen LogP contribution in [0.3, 0.4) is 0 Å². The zero-order chi connectivity index (χ0) is 14.3. The van der Waals surface area contributed by atoms with Crippen molar-refractivity contribution >= 4 is 48.9 Å². The Bertz CT molecular complexity index is 830. The highest BCUT2D eigenvalue weighted by Crippen LogP contribution is 2.27. The third-order valence-corrected chi connectivity index (χ3v) is 3.96. The summed E-state index contributed by atoms with van der Waals surface area (Å²) in [4.78, 5) is 10.9. The van der Waals surface area contributed by atoms with Crippen LogP contribution in [-0.2, 0) is 0 Å². The highest BCUT2D eigenvalue weighted by Gasteiger charge is 2.12. The largest absolute Gasteiger partial charge is 0.478 e. The number of aromatic nitrogens is 3. The summed E-state index contributed by atoms with van der Waals surface area (Å²) in [6.07, 6.45) is 0. The van der Waals surface area contributed by atoms with Crippen LogP contribution in [0.25, 0.3) is 16.7 Å². The summed E-state index contributed by atoms with van der Waals surface area (Å²) >= 11 is 6.87. The van der Waals surface area contributed by atoms with Crippen LogP contribution in [0.15, 0.2) is 45.3 Å². The highest BCUT2D eigenvalue weighted by molar-refractivity contribution is 9.11. The van der Waals surface area contributed by atoms with Gasteiger partial charge in [-0.1, -0.05) is 21.1 Å². The molecule has 1 N–H and O–H groups in total. The van der Waals surface area contributed by atoms with Gasteiger partial charge in [-0.3, -0.25) is 0 Å². The zero-order valence-electron chi connectivity index (χ0n) is 9.92. The first-order valence-corrected chi connectivity index (χ1v) is 7.19. The van der Waals surface area contributed by atoms with E-state index in [1.807, 2.05) is 18.2 Å². The van der Waals surface area contributed by atoms with Crippen LogP contribution < -0.4 is 0 Å². The lowest BCUT2D eigenvalue weighted by Crippen LogP contribution is -1.98. The van der Waals surface area contributed by atoms with E-state index in [9.17, 15) is 4.79 Å². The molecule has 5 nitrogen and oxygen atoms in total. The Labute approximate surface area is 130 Å². The molecule has 3 aromatic rings. The van der Waals surface area contributed by atoms with Crippen molar-refractivity contribution in [1.82, 2.24) is 15.0 Å². The number of rotatable bonds is 2. The number of aromatic carboxylic acids is 1. The number of benzene rings is 2. The number of carbonyl (C=O) groups is 1. The fraction of sp³-hybridized carbons (Fsp3) is 0. The summed E-state index contributed by atoms with van der Waals surface area (Å²) in [5.74, 6) is -0.980. The molecule has 0 spiro atoms. The van der Waals surface area contributed by atoms with E-state index in [0.717, 1.165) is 20.1 Å². The number of carboxylic acids is 1. The third kappa shape index (κ3) is 2.23. The Morgan fingerprint density at radius 3 is 2.65 bits per heavy atom. The van der Waals surface area contributed by atoms with Crippen LogP contribution in [0.4, 0.5) is 0 Å². The molecule has 0 atom stereocenters. The Hall–Kier alpha value is -1.73. The van der Waals surface area contributed by atoms with Gasteiger partial charge in [0.2, 0.25) is 0 Å². The van der Waals surface area contributed by atoms with Gasteiger partial charge in [0.1, 0.15) is 5.52 Å². The number of carboxylic acid groups (broad SMARTS) is 1. The normalized spacial score (nSPS) is 10.9. The molecule has 0 aliphatic rings. The lowest BCUT2D eigenvalue weighted by atomic mass is 10.2. The first kappa shape index (κ1) is 13.3. The molecule has 0 aliphatic carbocycles. The molecular weight excluding hydrogens is 390 g/mol. The molecule has 20 heavy (non-hydrogen) atoms. The van der Waals surface area contributed by atoms with Crippen LogP contribution in [0, 0.1) is 0 Å². The third-order valence-electron chi connectivity index (χ3n) is 2.83. The monoisotopic (exact) mass is 395 g/mol. The molecule has 7 heteroatoms. The molecular formula is C13H7Br2N3O2. The Morgan fingerprint density at radius 1 is 1.15 bits per heavy atom. The fourth-order valence-electron chi connectivity index (χ4n) is 1.89. The molecule has 0 saturated carbocycles. The molecule has 0 unspecified atom stereocenters. The maximum absolute atomic E-state index is 10.9. The summed E-state index contributed by atoms with van der Waals surface area (Å²) in [7, 11) is 0. The number of nitrogens with zero attached hydrogens (tertiary/aromatic N) is 3. The van der Waals surface area contributed by atoms with Gasteiger partial charge in [-0.25, -0.2) is 9.48 Å². The minimum atomic E-state index is -0.980. The standard InChI is InChI=1S/C13H7Br2N3O2/c14-8-2-4-11(9(15)6-8)18-12-3-1-7(13(19)20)5-10(12)16-17-18/h1-6H,(H,19,20). The van der Waals surface area contributed by atoms with Crippen molar-refractivity contribution in [1.29, 1.82) is 0 Å². The van der Waals surface area contributed by atoms with Crippen molar-refractivity contribution in [3.05, 3.63) is 50.9 Å². The number of halogens is 2. The van der Waals surface area contributed by atoms with Gasteiger partial charge in [-0.2, -0.15) is 0 Å².